The Hall–Kier alpha value is -2.34. The van der Waals surface area contributed by atoms with Gasteiger partial charge in [-0.15, -0.1) is 0 Å². The normalized spacial score (nSPS) is 10.2. The number of rotatable bonds is 9. The zero-order chi connectivity index (χ0) is 18.1. The molecule has 0 N–H and O–H groups in total. The minimum absolute atomic E-state index is 0.194. The largest absolute Gasteiger partial charge is 0.493 e. The van der Waals surface area contributed by atoms with Gasteiger partial charge in [0, 0.05) is 11.8 Å². The van der Waals surface area contributed by atoms with Crippen LogP contribution in [0.3, 0.4) is 0 Å². The fraction of sp³-hybridized carbons (Fsp3) is 0.263. The first-order valence-corrected chi connectivity index (χ1v) is 8.87. The van der Waals surface area contributed by atoms with Crippen LogP contribution in [0, 0.1) is 0 Å². The molecule has 2 rings (SSSR count). The standard InChI is InChI=1S/C19H19BrO5/c1-23-17-8-4-14(5-9-19(22)24-11-10-21)12-18(17)25-16-6-2-15(13-20)3-7-16/h2-4,6-8,10,12H,5,9,11,13H2,1H3. The van der Waals surface area contributed by atoms with E-state index in [4.69, 9.17) is 14.2 Å². The molecule has 0 aliphatic carbocycles. The highest BCUT2D eigenvalue weighted by Gasteiger charge is 2.09. The smallest absolute Gasteiger partial charge is 0.306 e. The molecule has 2 aromatic rings. The number of aryl methyl sites for hydroxylation is 1. The fourth-order valence-corrected chi connectivity index (χ4v) is 2.55. The van der Waals surface area contributed by atoms with Gasteiger partial charge in [-0.1, -0.05) is 34.1 Å². The van der Waals surface area contributed by atoms with E-state index in [1.54, 1.807) is 13.2 Å². The highest BCUT2D eigenvalue weighted by molar-refractivity contribution is 9.08. The summed E-state index contributed by atoms with van der Waals surface area (Å²) >= 11 is 3.41. The van der Waals surface area contributed by atoms with Gasteiger partial charge in [0.25, 0.3) is 0 Å². The van der Waals surface area contributed by atoms with E-state index in [2.05, 4.69) is 15.9 Å². The lowest BCUT2D eigenvalue weighted by molar-refractivity contribution is -0.145. The Morgan fingerprint density at radius 1 is 1.08 bits per heavy atom. The molecule has 0 heterocycles. The van der Waals surface area contributed by atoms with Gasteiger partial charge in [-0.3, -0.25) is 9.59 Å². The number of hydrogen-bond donors (Lipinski definition) is 0. The molecule has 6 heteroatoms. The van der Waals surface area contributed by atoms with E-state index in [0.29, 0.717) is 30.0 Å². The molecule has 0 aliphatic rings. The summed E-state index contributed by atoms with van der Waals surface area (Å²) < 4.78 is 16.0. The van der Waals surface area contributed by atoms with Gasteiger partial charge >= 0.3 is 5.97 Å². The summed E-state index contributed by atoms with van der Waals surface area (Å²) in [6.45, 7) is -0.208. The number of carbonyl (C=O) groups is 2. The average Bonchev–Trinajstić information content (AvgIpc) is 2.65. The minimum Gasteiger partial charge on any atom is -0.493 e. The number of hydrogen-bond acceptors (Lipinski definition) is 5. The minimum atomic E-state index is -0.407. The molecular weight excluding hydrogens is 388 g/mol. The first-order valence-electron chi connectivity index (χ1n) is 7.75. The number of ether oxygens (including phenoxy) is 3. The summed E-state index contributed by atoms with van der Waals surface area (Å²) in [4.78, 5) is 21.7. The summed E-state index contributed by atoms with van der Waals surface area (Å²) in [5.74, 6) is 1.48. The Labute approximate surface area is 155 Å². The van der Waals surface area contributed by atoms with Crippen LogP contribution in [0.2, 0.25) is 0 Å². The van der Waals surface area contributed by atoms with Crippen LogP contribution >= 0.6 is 15.9 Å². The molecule has 0 bridgehead atoms. The zero-order valence-electron chi connectivity index (χ0n) is 13.9. The molecule has 0 amide bonds. The van der Waals surface area contributed by atoms with Crippen molar-refractivity contribution in [2.24, 2.45) is 0 Å². The number of alkyl halides is 1. The maximum absolute atomic E-state index is 11.5. The zero-order valence-corrected chi connectivity index (χ0v) is 15.5. The third kappa shape index (κ3) is 5.90. The quantitative estimate of drug-likeness (QED) is 0.357. The number of benzene rings is 2. The predicted molar refractivity (Wildman–Crippen MR) is 97.5 cm³/mol. The molecule has 0 aliphatic heterocycles. The van der Waals surface area contributed by atoms with E-state index < -0.39 is 5.97 Å². The highest BCUT2D eigenvalue weighted by atomic mass is 79.9. The monoisotopic (exact) mass is 406 g/mol. The van der Waals surface area contributed by atoms with Gasteiger partial charge in [0.15, 0.2) is 17.8 Å². The first-order chi connectivity index (χ1) is 12.2. The molecule has 0 saturated heterocycles. The van der Waals surface area contributed by atoms with Gasteiger partial charge in [0.05, 0.1) is 7.11 Å². The van der Waals surface area contributed by atoms with Gasteiger partial charge in [-0.05, 0) is 41.8 Å². The number of halogens is 1. The molecule has 0 saturated carbocycles. The lowest BCUT2D eigenvalue weighted by Crippen LogP contribution is -2.07. The topological polar surface area (TPSA) is 61.8 Å². The summed E-state index contributed by atoms with van der Waals surface area (Å²) in [5, 5.41) is 0.784. The molecule has 0 aromatic heterocycles. The van der Waals surface area contributed by atoms with Crippen molar-refractivity contribution in [1.82, 2.24) is 0 Å². The Morgan fingerprint density at radius 2 is 1.80 bits per heavy atom. The Morgan fingerprint density at radius 3 is 2.44 bits per heavy atom. The average molecular weight is 407 g/mol. The van der Waals surface area contributed by atoms with Crippen molar-refractivity contribution in [2.75, 3.05) is 13.7 Å². The van der Waals surface area contributed by atoms with Crippen LogP contribution in [0.15, 0.2) is 42.5 Å². The number of aldehydes is 1. The van der Waals surface area contributed by atoms with Gasteiger partial charge in [-0.2, -0.15) is 0 Å². The number of methoxy groups -OCH3 is 1. The van der Waals surface area contributed by atoms with Crippen LogP contribution in [0.4, 0.5) is 0 Å². The van der Waals surface area contributed by atoms with Crippen LogP contribution in [-0.2, 0) is 26.1 Å². The van der Waals surface area contributed by atoms with Crippen LogP contribution in [0.25, 0.3) is 0 Å². The van der Waals surface area contributed by atoms with Crippen molar-refractivity contribution in [3.63, 3.8) is 0 Å². The molecule has 2 aromatic carbocycles. The van der Waals surface area contributed by atoms with Crippen LogP contribution in [0.5, 0.6) is 17.2 Å². The summed E-state index contributed by atoms with van der Waals surface area (Å²) in [5.41, 5.74) is 2.07. The second-order valence-electron chi connectivity index (χ2n) is 5.21. The third-order valence-corrected chi connectivity index (χ3v) is 4.11. The molecule has 25 heavy (non-hydrogen) atoms. The molecule has 0 fully saturated rings. The fourth-order valence-electron chi connectivity index (χ4n) is 2.18. The van der Waals surface area contributed by atoms with Crippen molar-refractivity contribution in [3.8, 4) is 17.2 Å². The first kappa shape index (κ1) is 19.0. The van der Waals surface area contributed by atoms with Gasteiger partial charge < -0.3 is 14.2 Å². The predicted octanol–water partition coefficient (Wildman–Crippen LogP) is 4.06. The molecule has 0 spiro atoms. The Kier molecular flexibility index (Phi) is 7.47. The third-order valence-electron chi connectivity index (χ3n) is 3.46. The summed E-state index contributed by atoms with van der Waals surface area (Å²) in [7, 11) is 1.58. The van der Waals surface area contributed by atoms with Crippen LogP contribution in [-0.4, -0.2) is 26.0 Å². The van der Waals surface area contributed by atoms with E-state index in [-0.39, 0.29) is 13.0 Å². The SMILES string of the molecule is COc1ccc(CCC(=O)OCC=O)cc1Oc1ccc(CBr)cc1. The van der Waals surface area contributed by atoms with E-state index >= 15 is 0 Å². The van der Waals surface area contributed by atoms with Crippen molar-refractivity contribution in [1.29, 1.82) is 0 Å². The maximum atomic E-state index is 11.5. The van der Waals surface area contributed by atoms with Gasteiger partial charge in [0.1, 0.15) is 12.4 Å². The van der Waals surface area contributed by atoms with E-state index in [1.165, 1.54) is 0 Å². The number of carbonyl (C=O) groups excluding carboxylic acids is 2. The van der Waals surface area contributed by atoms with Crippen LogP contribution in [0.1, 0.15) is 17.5 Å². The molecule has 5 nitrogen and oxygen atoms in total. The molecule has 0 radical (unpaired) electrons. The second-order valence-corrected chi connectivity index (χ2v) is 5.78. The molecule has 0 atom stereocenters. The lowest BCUT2D eigenvalue weighted by atomic mass is 10.1. The number of esters is 1. The molecule has 132 valence electrons. The summed E-state index contributed by atoms with van der Waals surface area (Å²) in [6.07, 6.45) is 1.23. The Bertz CT molecular complexity index is 712. The maximum Gasteiger partial charge on any atom is 0.306 e. The molecular formula is C19H19BrO5. The van der Waals surface area contributed by atoms with E-state index in [1.807, 2.05) is 36.4 Å². The summed E-state index contributed by atoms with van der Waals surface area (Å²) in [6, 6.07) is 13.2. The van der Waals surface area contributed by atoms with Crippen molar-refractivity contribution < 1.29 is 23.8 Å². The highest BCUT2D eigenvalue weighted by Crippen LogP contribution is 2.33. The lowest BCUT2D eigenvalue weighted by Gasteiger charge is -2.12. The van der Waals surface area contributed by atoms with Gasteiger partial charge in [0.2, 0.25) is 0 Å². The Balaban J connectivity index is 2.07. The van der Waals surface area contributed by atoms with E-state index in [9.17, 15) is 9.59 Å². The van der Waals surface area contributed by atoms with Crippen molar-refractivity contribution in [3.05, 3.63) is 53.6 Å². The van der Waals surface area contributed by atoms with Crippen LogP contribution < -0.4 is 9.47 Å². The van der Waals surface area contributed by atoms with Crippen molar-refractivity contribution in [2.45, 2.75) is 18.2 Å². The van der Waals surface area contributed by atoms with Gasteiger partial charge in [-0.25, -0.2) is 0 Å². The van der Waals surface area contributed by atoms with Crippen molar-refractivity contribution >= 4 is 28.2 Å². The second kappa shape index (κ2) is 9.84. The van der Waals surface area contributed by atoms with E-state index in [0.717, 1.165) is 16.5 Å². The molecule has 0 unspecified atom stereocenters.